The summed E-state index contributed by atoms with van der Waals surface area (Å²) < 4.78 is 30.2. The van der Waals surface area contributed by atoms with E-state index in [1.54, 1.807) is 36.4 Å². The minimum atomic E-state index is -3.00. The van der Waals surface area contributed by atoms with Gasteiger partial charge in [-0.3, -0.25) is 9.59 Å². The van der Waals surface area contributed by atoms with Crippen molar-refractivity contribution >= 4 is 50.4 Å². The number of ether oxygens (including phenoxy) is 1. The highest BCUT2D eigenvalue weighted by Gasteiger charge is 2.21. The van der Waals surface area contributed by atoms with Gasteiger partial charge in [-0.2, -0.15) is 8.78 Å². The molecule has 1 aromatic heterocycles. The summed E-state index contributed by atoms with van der Waals surface area (Å²) in [5.74, 6) is -0.717. The van der Waals surface area contributed by atoms with Crippen molar-refractivity contribution in [3.8, 4) is 5.75 Å². The Morgan fingerprint density at radius 1 is 1.19 bits per heavy atom. The van der Waals surface area contributed by atoms with E-state index in [1.807, 2.05) is 0 Å². The quantitative estimate of drug-likeness (QED) is 0.571. The average molecular weight is 396 g/mol. The highest BCUT2D eigenvalue weighted by Crippen LogP contribution is 2.41. The van der Waals surface area contributed by atoms with Crippen LogP contribution >= 0.6 is 22.9 Å². The summed E-state index contributed by atoms with van der Waals surface area (Å²) in [6.45, 7) is -1.57. The third-order valence-corrected chi connectivity index (χ3v) is 5.21. The van der Waals surface area contributed by atoms with E-state index in [0.29, 0.717) is 16.0 Å². The molecule has 1 amide bonds. The van der Waals surface area contributed by atoms with E-state index in [9.17, 15) is 18.4 Å². The van der Waals surface area contributed by atoms with Gasteiger partial charge in [-0.1, -0.05) is 29.8 Å². The third-order valence-electron chi connectivity index (χ3n) is 3.57. The first-order chi connectivity index (χ1) is 12.4. The van der Waals surface area contributed by atoms with Crippen LogP contribution in [0.5, 0.6) is 5.75 Å². The van der Waals surface area contributed by atoms with Gasteiger partial charge >= 0.3 is 6.61 Å². The Bertz CT molecular complexity index is 1000. The maximum Gasteiger partial charge on any atom is 0.387 e. The van der Waals surface area contributed by atoms with Crippen LogP contribution in [0.4, 0.5) is 14.5 Å². The SMILES string of the molecule is CC(=O)c1cccc(NC(=O)c2sc3cccc(OC(F)F)c3c2Cl)c1. The molecule has 0 unspecified atom stereocenters. The van der Waals surface area contributed by atoms with E-state index in [4.69, 9.17) is 11.6 Å². The number of carbonyl (C=O) groups is 2. The maximum absolute atomic E-state index is 12.6. The summed E-state index contributed by atoms with van der Waals surface area (Å²) in [7, 11) is 0. The fourth-order valence-electron chi connectivity index (χ4n) is 2.42. The number of halogens is 3. The molecule has 0 aliphatic carbocycles. The first kappa shape index (κ1) is 18.3. The topological polar surface area (TPSA) is 55.4 Å². The normalized spacial score (nSPS) is 11.0. The molecule has 0 radical (unpaired) electrons. The number of carbonyl (C=O) groups excluding carboxylic acids is 2. The van der Waals surface area contributed by atoms with Crippen molar-refractivity contribution in [1.29, 1.82) is 0 Å². The number of rotatable bonds is 5. The molecule has 4 nitrogen and oxygen atoms in total. The molecule has 0 spiro atoms. The van der Waals surface area contributed by atoms with Crippen LogP contribution < -0.4 is 10.1 Å². The van der Waals surface area contributed by atoms with Crippen molar-refractivity contribution in [2.75, 3.05) is 5.32 Å². The highest BCUT2D eigenvalue weighted by molar-refractivity contribution is 7.21. The van der Waals surface area contributed by atoms with Crippen molar-refractivity contribution in [2.45, 2.75) is 13.5 Å². The summed E-state index contributed by atoms with van der Waals surface area (Å²) in [5, 5.41) is 2.97. The number of hydrogen-bond acceptors (Lipinski definition) is 4. The number of nitrogens with one attached hydrogen (secondary N) is 1. The number of benzene rings is 2. The molecule has 0 saturated heterocycles. The molecule has 0 aliphatic rings. The molecule has 1 N–H and O–H groups in total. The number of fused-ring (bicyclic) bond motifs is 1. The number of ketones is 1. The lowest BCUT2D eigenvalue weighted by Gasteiger charge is -2.06. The lowest BCUT2D eigenvalue weighted by Crippen LogP contribution is -2.11. The van der Waals surface area contributed by atoms with Crippen LogP contribution in [0.3, 0.4) is 0 Å². The molecule has 2 aromatic carbocycles. The fraction of sp³-hybridized carbons (Fsp3) is 0.111. The molecule has 134 valence electrons. The average Bonchev–Trinajstić information content (AvgIpc) is 2.92. The second-order valence-corrected chi connectivity index (χ2v) is 6.77. The number of hydrogen-bond donors (Lipinski definition) is 1. The molecule has 1 heterocycles. The van der Waals surface area contributed by atoms with Crippen molar-refractivity contribution < 1.29 is 23.1 Å². The predicted octanol–water partition coefficient (Wildman–Crippen LogP) is 5.61. The molecule has 26 heavy (non-hydrogen) atoms. The number of anilines is 1. The van der Waals surface area contributed by atoms with Gasteiger partial charge in [0.05, 0.1) is 10.4 Å². The number of thiophene rings is 1. The molecule has 8 heteroatoms. The Labute approximate surface area is 156 Å². The van der Waals surface area contributed by atoms with Crippen LogP contribution in [0.15, 0.2) is 42.5 Å². The largest absolute Gasteiger partial charge is 0.434 e. The van der Waals surface area contributed by atoms with E-state index in [2.05, 4.69) is 10.1 Å². The molecule has 0 bridgehead atoms. The number of alkyl halides is 2. The Balaban J connectivity index is 1.95. The van der Waals surface area contributed by atoms with Gasteiger partial charge in [-0.25, -0.2) is 0 Å². The maximum atomic E-state index is 12.6. The van der Waals surface area contributed by atoms with Gasteiger partial charge in [-0.15, -0.1) is 11.3 Å². The second kappa shape index (κ2) is 7.39. The molecule has 3 aromatic rings. The Hall–Kier alpha value is -2.51. The van der Waals surface area contributed by atoms with Crippen molar-refractivity contribution in [2.24, 2.45) is 0 Å². The molecule has 0 saturated carbocycles. The molecule has 3 rings (SSSR count). The van der Waals surface area contributed by atoms with Crippen LogP contribution in [0.25, 0.3) is 10.1 Å². The zero-order chi connectivity index (χ0) is 18.8. The first-order valence-corrected chi connectivity index (χ1v) is 8.64. The van der Waals surface area contributed by atoms with Gasteiger partial charge in [0.25, 0.3) is 5.91 Å². The lowest BCUT2D eigenvalue weighted by molar-refractivity contribution is -0.0487. The van der Waals surface area contributed by atoms with Gasteiger partial charge < -0.3 is 10.1 Å². The van der Waals surface area contributed by atoms with Crippen LogP contribution in [-0.4, -0.2) is 18.3 Å². The van der Waals surface area contributed by atoms with Gasteiger partial charge in [0, 0.05) is 16.0 Å². The smallest absolute Gasteiger partial charge is 0.387 e. The number of amides is 1. The zero-order valence-electron chi connectivity index (χ0n) is 13.4. The van der Waals surface area contributed by atoms with Crippen molar-refractivity contribution in [3.63, 3.8) is 0 Å². The van der Waals surface area contributed by atoms with Gasteiger partial charge in [0.2, 0.25) is 0 Å². The summed E-state index contributed by atoms with van der Waals surface area (Å²) in [4.78, 5) is 24.2. The third kappa shape index (κ3) is 3.68. The van der Waals surface area contributed by atoms with E-state index in [1.165, 1.54) is 13.0 Å². The highest BCUT2D eigenvalue weighted by atomic mass is 35.5. The molecule has 0 atom stereocenters. The Morgan fingerprint density at radius 2 is 1.92 bits per heavy atom. The van der Waals surface area contributed by atoms with E-state index in [0.717, 1.165) is 11.3 Å². The van der Waals surface area contributed by atoms with E-state index >= 15 is 0 Å². The van der Waals surface area contributed by atoms with Crippen molar-refractivity contribution in [3.05, 3.63) is 57.9 Å². The minimum Gasteiger partial charge on any atom is -0.434 e. The summed E-state index contributed by atoms with van der Waals surface area (Å²) in [5.41, 5.74) is 0.887. The van der Waals surface area contributed by atoms with E-state index < -0.39 is 12.5 Å². The standard InChI is InChI=1S/C18H12ClF2NO3S/c1-9(23)10-4-2-5-11(8-10)22-17(24)16-15(19)14-12(25-18(20)21)6-3-7-13(14)26-16/h2-8,18H,1H3,(H,22,24). The van der Waals surface area contributed by atoms with Crippen LogP contribution in [0, 0.1) is 0 Å². The number of Topliss-reactive ketones (excluding diaryl/α,β-unsaturated/α-hetero) is 1. The Morgan fingerprint density at radius 3 is 2.62 bits per heavy atom. The van der Waals surface area contributed by atoms with Gasteiger partial charge in [0.1, 0.15) is 10.6 Å². The fourth-order valence-corrected chi connectivity index (χ4v) is 3.88. The minimum absolute atomic E-state index is 0.0430. The predicted molar refractivity (Wildman–Crippen MR) is 97.9 cm³/mol. The molecular weight excluding hydrogens is 384 g/mol. The monoisotopic (exact) mass is 395 g/mol. The summed E-state index contributed by atoms with van der Waals surface area (Å²) in [6.07, 6.45) is 0. The van der Waals surface area contributed by atoms with Crippen molar-refractivity contribution in [1.82, 2.24) is 0 Å². The first-order valence-electron chi connectivity index (χ1n) is 7.45. The zero-order valence-corrected chi connectivity index (χ0v) is 15.0. The Kier molecular flexibility index (Phi) is 5.20. The summed E-state index contributed by atoms with van der Waals surface area (Å²) >= 11 is 7.33. The van der Waals surface area contributed by atoms with Crippen LogP contribution in [0.1, 0.15) is 27.0 Å². The lowest BCUT2D eigenvalue weighted by atomic mass is 10.1. The van der Waals surface area contributed by atoms with Crippen LogP contribution in [-0.2, 0) is 0 Å². The second-order valence-electron chi connectivity index (χ2n) is 5.34. The van der Waals surface area contributed by atoms with Gasteiger partial charge in [0.15, 0.2) is 5.78 Å². The van der Waals surface area contributed by atoms with E-state index in [-0.39, 0.29) is 26.8 Å². The summed E-state index contributed by atoms with van der Waals surface area (Å²) in [6, 6.07) is 11.0. The molecular formula is C18H12ClF2NO3S. The van der Waals surface area contributed by atoms with Crippen LogP contribution in [0.2, 0.25) is 5.02 Å². The molecule has 0 aliphatic heterocycles. The van der Waals surface area contributed by atoms with Gasteiger partial charge in [-0.05, 0) is 31.2 Å². The molecule has 0 fully saturated rings.